The molecule has 3 nitrogen and oxygen atoms in total. The minimum Gasteiger partial charge on any atom is -0.411 e. The van der Waals surface area contributed by atoms with Gasteiger partial charge in [-0.2, -0.15) is 0 Å². The van der Waals surface area contributed by atoms with Crippen molar-refractivity contribution in [2.75, 3.05) is 6.54 Å². The zero-order valence-corrected chi connectivity index (χ0v) is 6.07. The smallest absolute Gasteiger partial charge is 0.100 e. The summed E-state index contributed by atoms with van der Waals surface area (Å²) >= 11 is 0. The van der Waals surface area contributed by atoms with Crippen LogP contribution in [0.2, 0.25) is 0 Å². The van der Waals surface area contributed by atoms with E-state index in [1.54, 1.807) is 0 Å². The minimum absolute atomic E-state index is 0.251. The molecular weight excluding hydrogens is 140 g/mol. The van der Waals surface area contributed by atoms with E-state index < -0.39 is 0 Å². The molecule has 0 atom stereocenters. The second-order valence-corrected chi connectivity index (χ2v) is 2.12. The summed E-state index contributed by atoms with van der Waals surface area (Å²) in [5, 5.41) is 11.6. The van der Waals surface area contributed by atoms with E-state index in [9.17, 15) is 0 Å². The molecule has 1 aromatic rings. The van der Waals surface area contributed by atoms with E-state index in [0.29, 0.717) is 5.71 Å². The molecule has 0 aliphatic rings. The summed E-state index contributed by atoms with van der Waals surface area (Å²) in [7, 11) is 0. The summed E-state index contributed by atoms with van der Waals surface area (Å²) in [6.07, 6.45) is 0. The Balaban J connectivity index is 2.92. The van der Waals surface area contributed by atoms with Gasteiger partial charge in [0.15, 0.2) is 0 Å². The standard InChI is InChI=1S/C8H10N2O/c9-6-8(10-11)7-4-2-1-3-5-7/h1-5,11H,6,9H2/b10-8-. The summed E-state index contributed by atoms with van der Waals surface area (Å²) < 4.78 is 0. The number of hydrogen-bond donors (Lipinski definition) is 2. The largest absolute Gasteiger partial charge is 0.411 e. The lowest BCUT2D eigenvalue weighted by molar-refractivity contribution is 0.318. The Morgan fingerprint density at radius 3 is 2.45 bits per heavy atom. The molecule has 0 heterocycles. The van der Waals surface area contributed by atoms with Gasteiger partial charge in [0.1, 0.15) is 5.71 Å². The summed E-state index contributed by atoms with van der Waals surface area (Å²) in [5.74, 6) is 0. The van der Waals surface area contributed by atoms with Crippen LogP contribution in [-0.2, 0) is 0 Å². The fourth-order valence-electron chi connectivity index (χ4n) is 0.847. The van der Waals surface area contributed by atoms with Gasteiger partial charge in [-0.05, 0) is 0 Å². The van der Waals surface area contributed by atoms with Crippen molar-refractivity contribution in [1.29, 1.82) is 0 Å². The van der Waals surface area contributed by atoms with E-state index in [-0.39, 0.29) is 6.54 Å². The molecule has 0 saturated heterocycles. The van der Waals surface area contributed by atoms with Gasteiger partial charge in [0.2, 0.25) is 0 Å². The van der Waals surface area contributed by atoms with E-state index in [1.807, 2.05) is 30.3 Å². The first-order valence-electron chi connectivity index (χ1n) is 3.35. The minimum atomic E-state index is 0.251. The Hall–Kier alpha value is -1.35. The Kier molecular flexibility index (Phi) is 2.63. The molecule has 1 rings (SSSR count). The molecule has 0 spiro atoms. The van der Waals surface area contributed by atoms with Crippen molar-refractivity contribution in [3.05, 3.63) is 35.9 Å². The van der Waals surface area contributed by atoms with E-state index in [0.717, 1.165) is 5.56 Å². The Bertz CT molecular complexity index is 244. The molecule has 3 N–H and O–H groups in total. The molecule has 0 aromatic heterocycles. The Morgan fingerprint density at radius 2 is 2.00 bits per heavy atom. The van der Waals surface area contributed by atoms with Crippen LogP contribution in [0.3, 0.4) is 0 Å². The second kappa shape index (κ2) is 3.73. The van der Waals surface area contributed by atoms with Crippen molar-refractivity contribution in [2.45, 2.75) is 0 Å². The maximum absolute atomic E-state index is 8.49. The Labute approximate surface area is 65.1 Å². The van der Waals surface area contributed by atoms with Gasteiger partial charge in [-0.1, -0.05) is 35.5 Å². The molecule has 0 bridgehead atoms. The van der Waals surface area contributed by atoms with Crippen molar-refractivity contribution >= 4 is 5.71 Å². The highest BCUT2D eigenvalue weighted by Gasteiger charge is 1.98. The predicted octanol–water partition coefficient (Wildman–Crippen LogP) is 0.824. The summed E-state index contributed by atoms with van der Waals surface area (Å²) in [6.45, 7) is 0.251. The van der Waals surface area contributed by atoms with E-state index >= 15 is 0 Å². The monoisotopic (exact) mass is 150 g/mol. The molecule has 3 heteroatoms. The average Bonchev–Trinajstić information content (AvgIpc) is 2.09. The fourth-order valence-corrected chi connectivity index (χ4v) is 0.847. The van der Waals surface area contributed by atoms with Gasteiger partial charge in [0.25, 0.3) is 0 Å². The van der Waals surface area contributed by atoms with Gasteiger partial charge in [0.05, 0.1) is 0 Å². The Morgan fingerprint density at radius 1 is 1.36 bits per heavy atom. The lowest BCUT2D eigenvalue weighted by Crippen LogP contribution is -2.14. The van der Waals surface area contributed by atoms with Gasteiger partial charge in [0, 0.05) is 12.1 Å². The van der Waals surface area contributed by atoms with Crippen LogP contribution in [0.1, 0.15) is 5.56 Å². The highest BCUT2D eigenvalue weighted by molar-refractivity contribution is 6.01. The molecule has 0 fully saturated rings. The first kappa shape index (κ1) is 7.75. The van der Waals surface area contributed by atoms with Crippen LogP contribution in [0.5, 0.6) is 0 Å². The maximum atomic E-state index is 8.49. The fraction of sp³-hybridized carbons (Fsp3) is 0.125. The summed E-state index contributed by atoms with van der Waals surface area (Å²) in [5.41, 5.74) is 6.69. The van der Waals surface area contributed by atoms with Crippen molar-refractivity contribution in [3.8, 4) is 0 Å². The second-order valence-electron chi connectivity index (χ2n) is 2.12. The number of nitrogens with two attached hydrogens (primary N) is 1. The topological polar surface area (TPSA) is 58.6 Å². The van der Waals surface area contributed by atoms with E-state index in [1.165, 1.54) is 0 Å². The first-order chi connectivity index (χ1) is 5.38. The highest BCUT2D eigenvalue weighted by atomic mass is 16.4. The summed E-state index contributed by atoms with van der Waals surface area (Å²) in [6, 6.07) is 9.34. The van der Waals surface area contributed by atoms with Crippen LogP contribution in [0.15, 0.2) is 35.5 Å². The lowest BCUT2D eigenvalue weighted by Gasteiger charge is -1.98. The van der Waals surface area contributed by atoms with E-state index in [4.69, 9.17) is 10.9 Å². The molecule has 0 aliphatic carbocycles. The number of benzene rings is 1. The zero-order chi connectivity index (χ0) is 8.10. The van der Waals surface area contributed by atoms with Gasteiger partial charge >= 0.3 is 0 Å². The molecule has 0 aliphatic heterocycles. The normalized spacial score (nSPS) is 11.5. The van der Waals surface area contributed by atoms with Gasteiger partial charge in [-0.25, -0.2) is 0 Å². The van der Waals surface area contributed by atoms with Gasteiger partial charge < -0.3 is 10.9 Å². The van der Waals surface area contributed by atoms with Gasteiger partial charge in [-0.3, -0.25) is 0 Å². The zero-order valence-electron chi connectivity index (χ0n) is 6.07. The van der Waals surface area contributed by atoms with Crippen molar-refractivity contribution in [1.82, 2.24) is 0 Å². The van der Waals surface area contributed by atoms with E-state index in [2.05, 4.69) is 5.16 Å². The first-order valence-corrected chi connectivity index (χ1v) is 3.35. The molecule has 1 aromatic carbocycles. The SMILES string of the molecule is NC/C(=N/O)c1ccccc1. The third-order valence-electron chi connectivity index (χ3n) is 1.42. The number of hydrogen-bond acceptors (Lipinski definition) is 3. The molecule has 0 radical (unpaired) electrons. The number of oxime groups is 1. The van der Waals surface area contributed by atoms with Crippen molar-refractivity contribution in [3.63, 3.8) is 0 Å². The van der Waals surface area contributed by atoms with Crippen LogP contribution in [0, 0.1) is 0 Å². The average molecular weight is 150 g/mol. The van der Waals surface area contributed by atoms with Crippen LogP contribution < -0.4 is 5.73 Å². The lowest BCUT2D eigenvalue weighted by atomic mass is 10.1. The molecular formula is C8H10N2O. The molecule has 0 unspecified atom stereocenters. The maximum Gasteiger partial charge on any atom is 0.100 e. The number of nitrogens with zero attached hydrogens (tertiary/aromatic N) is 1. The highest BCUT2D eigenvalue weighted by Crippen LogP contribution is 1.99. The molecule has 58 valence electrons. The quantitative estimate of drug-likeness (QED) is 0.372. The van der Waals surface area contributed by atoms with Crippen LogP contribution in [0.25, 0.3) is 0 Å². The molecule has 0 amide bonds. The van der Waals surface area contributed by atoms with Crippen LogP contribution >= 0.6 is 0 Å². The molecule has 0 saturated carbocycles. The third kappa shape index (κ3) is 1.78. The third-order valence-corrected chi connectivity index (χ3v) is 1.42. The van der Waals surface area contributed by atoms with Crippen LogP contribution in [0.4, 0.5) is 0 Å². The van der Waals surface area contributed by atoms with Gasteiger partial charge in [-0.15, -0.1) is 0 Å². The van der Waals surface area contributed by atoms with Crippen molar-refractivity contribution < 1.29 is 5.21 Å². The summed E-state index contributed by atoms with van der Waals surface area (Å²) in [4.78, 5) is 0. The van der Waals surface area contributed by atoms with Crippen molar-refractivity contribution in [2.24, 2.45) is 10.9 Å². The predicted molar refractivity (Wildman–Crippen MR) is 43.8 cm³/mol. The van der Waals surface area contributed by atoms with Crippen LogP contribution in [-0.4, -0.2) is 17.5 Å². The molecule has 11 heavy (non-hydrogen) atoms. The number of rotatable bonds is 2.